The minimum Gasteiger partial charge on any atom is -0.388 e. The number of fused-ring (bicyclic) bond motifs is 1. The molecule has 1 heteroatoms. The largest absolute Gasteiger partial charge is 0.388 e. The Morgan fingerprint density at radius 1 is 1.44 bits per heavy atom. The lowest BCUT2D eigenvalue weighted by Crippen LogP contribution is -2.40. The Morgan fingerprint density at radius 2 is 2.12 bits per heavy atom. The Morgan fingerprint density at radius 3 is 2.75 bits per heavy atom. The van der Waals surface area contributed by atoms with Gasteiger partial charge in [-0.05, 0) is 44.4 Å². The molecule has 0 heterocycles. The van der Waals surface area contributed by atoms with Crippen molar-refractivity contribution in [1.29, 1.82) is 0 Å². The number of hydrogen-bond donors (Lipinski definition) is 1. The van der Waals surface area contributed by atoms with Crippen molar-refractivity contribution in [1.82, 2.24) is 0 Å². The number of rotatable bonds is 1. The van der Waals surface area contributed by atoms with Gasteiger partial charge in [-0.2, -0.15) is 0 Å². The topological polar surface area (TPSA) is 20.2 Å². The van der Waals surface area contributed by atoms with Crippen molar-refractivity contribution in [3.05, 3.63) is 23.8 Å². The summed E-state index contributed by atoms with van der Waals surface area (Å²) >= 11 is 0. The van der Waals surface area contributed by atoms with Gasteiger partial charge in [0, 0.05) is 5.92 Å². The molecule has 1 N–H and O–H groups in total. The molecule has 0 amide bonds. The zero-order valence-electron chi connectivity index (χ0n) is 10.7. The van der Waals surface area contributed by atoms with Crippen LogP contribution in [0.15, 0.2) is 23.8 Å². The highest BCUT2D eigenvalue weighted by Gasteiger charge is 2.41. The van der Waals surface area contributed by atoms with Crippen molar-refractivity contribution in [2.45, 2.75) is 46.1 Å². The van der Waals surface area contributed by atoms with E-state index < -0.39 is 0 Å². The predicted octanol–water partition coefficient (Wildman–Crippen LogP) is 3.55. The van der Waals surface area contributed by atoms with Crippen LogP contribution in [-0.4, -0.2) is 11.2 Å². The van der Waals surface area contributed by atoms with Crippen molar-refractivity contribution in [3.8, 4) is 0 Å². The smallest absolute Gasteiger partial charge is 0.0791 e. The van der Waals surface area contributed by atoms with Crippen LogP contribution < -0.4 is 0 Å². The predicted molar refractivity (Wildman–Crippen MR) is 68.1 cm³/mol. The van der Waals surface area contributed by atoms with Gasteiger partial charge in [0.05, 0.1) is 6.10 Å². The maximum Gasteiger partial charge on any atom is 0.0791 e. The number of aliphatic hydroxyl groups is 1. The van der Waals surface area contributed by atoms with Crippen LogP contribution >= 0.6 is 0 Å². The van der Waals surface area contributed by atoms with Gasteiger partial charge in [0.25, 0.3) is 0 Å². The molecule has 0 saturated heterocycles. The van der Waals surface area contributed by atoms with E-state index in [1.165, 1.54) is 24.8 Å². The SMILES string of the molecule is C=C(C)[C@H]1[C@@H]2C[C@@H](C)CC[C@H]2C(C)=C[C@@H]1O. The van der Waals surface area contributed by atoms with Gasteiger partial charge in [0.2, 0.25) is 0 Å². The summed E-state index contributed by atoms with van der Waals surface area (Å²) in [6.45, 7) is 10.7. The maximum absolute atomic E-state index is 10.2. The van der Waals surface area contributed by atoms with E-state index in [1.807, 2.05) is 0 Å². The number of hydrogen-bond acceptors (Lipinski definition) is 1. The van der Waals surface area contributed by atoms with E-state index in [4.69, 9.17) is 0 Å². The second-order valence-corrected chi connectivity index (χ2v) is 5.96. The summed E-state index contributed by atoms with van der Waals surface area (Å²) in [5.41, 5.74) is 2.56. The summed E-state index contributed by atoms with van der Waals surface area (Å²) in [5, 5.41) is 10.2. The van der Waals surface area contributed by atoms with Crippen LogP contribution in [-0.2, 0) is 0 Å². The van der Waals surface area contributed by atoms with E-state index in [0.717, 1.165) is 11.5 Å². The summed E-state index contributed by atoms with van der Waals surface area (Å²) < 4.78 is 0. The summed E-state index contributed by atoms with van der Waals surface area (Å²) in [7, 11) is 0. The molecule has 0 spiro atoms. The van der Waals surface area contributed by atoms with Crippen LogP contribution in [0.4, 0.5) is 0 Å². The van der Waals surface area contributed by atoms with Gasteiger partial charge in [0.1, 0.15) is 0 Å². The van der Waals surface area contributed by atoms with Crippen molar-refractivity contribution >= 4 is 0 Å². The monoisotopic (exact) mass is 220 g/mol. The molecule has 5 atom stereocenters. The molecular weight excluding hydrogens is 196 g/mol. The molecule has 90 valence electrons. The van der Waals surface area contributed by atoms with E-state index in [-0.39, 0.29) is 12.0 Å². The summed E-state index contributed by atoms with van der Waals surface area (Å²) in [4.78, 5) is 0. The quantitative estimate of drug-likeness (QED) is 0.670. The van der Waals surface area contributed by atoms with Crippen LogP contribution in [0.5, 0.6) is 0 Å². The van der Waals surface area contributed by atoms with E-state index in [2.05, 4.69) is 33.4 Å². The second kappa shape index (κ2) is 4.37. The average Bonchev–Trinajstić information content (AvgIpc) is 2.15. The van der Waals surface area contributed by atoms with Gasteiger partial charge in [0.15, 0.2) is 0 Å². The highest BCUT2D eigenvalue weighted by molar-refractivity contribution is 5.21. The van der Waals surface area contributed by atoms with E-state index >= 15 is 0 Å². The average molecular weight is 220 g/mol. The minimum absolute atomic E-state index is 0.288. The standard InChI is InChI=1S/C15H24O/c1-9(2)15-13-7-10(3)5-6-12(13)11(4)8-14(15)16/h8,10,12-16H,1,5-7H2,2-4H3/t10-,12-,13+,14-,15-/m0/s1. The molecule has 2 aliphatic carbocycles. The van der Waals surface area contributed by atoms with Crippen molar-refractivity contribution < 1.29 is 5.11 Å². The first kappa shape index (κ1) is 11.9. The Hall–Kier alpha value is -0.560. The first-order chi connectivity index (χ1) is 7.50. The molecule has 1 nitrogen and oxygen atoms in total. The molecule has 0 aliphatic heterocycles. The normalized spacial score (nSPS) is 43.5. The Kier molecular flexibility index (Phi) is 3.25. The fourth-order valence-corrected chi connectivity index (χ4v) is 3.79. The third kappa shape index (κ3) is 1.98. The van der Waals surface area contributed by atoms with Gasteiger partial charge in [-0.3, -0.25) is 0 Å². The van der Waals surface area contributed by atoms with Crippen LogP contribution in [0.1, 0.15) is 40.0 Å². The van der Waals surface area contributed by atoms with E-state index in [1.54, 1.807) is 0 Å². The molecular formula is C15H24O. The molecule has 1 saturated carbocycles. The van der Waals surface area contributed by atoms with Crippen LogP contribution in [0.3, 0.4) is 0 Å². The summed E-state index contributed by atoms with van der Waals surface area (Å²) in [6, 6.07) is 0. The van der Waals surface area contributed by atoms with Crippen LogP contribution in [0.2, 0.25) is 0 Å². The Bertz CT molecular complexity index is 315. The minimum atomic E-state index is -0.302. The fraction of sp³-hybridized carbons (Fsp3) is 0.733. The molecule has 2 aliphatic rings. The second-order valence-electron chi connectivity index (χ2n) is 5.96. The van der Waals surface area contributed by atoms with Gasteiger partial charge in [-0.15, -0.1) is 0 Å². The third-order valence-electron chi connectivity index (χ3n) is 4.58. The lowest BCUT2D eigenvalue weighted by atomic mass is 9.61. The van der Waals surface area contributed by atoms with Crippen molar-refractivity contribution in [3.63, 3.8) is 0 Å². The molecule has 0 bridgehead atoms. The van der Waals surface area contributed by atoms with Crippen LogP contribution in [0.25, 0.3) is 0 Å². The Balaban J connectivity index is 2.29. The summed E-state index contributed by atoms with van der Waals surface area (Å²) in [6.07, 6.45) is 5.65. The maximum atomic E-state index is 10.2. The number of aliphatic hydroxyl groups excluding tert-OH is 1. The molecule has 0 aromatic heterocycles. The van der Waals surface area contributed by atoms with Gasteiger partial charge < -0.3 is 5.11 Å². The molecule has 0 aromatic carbocycles. The molecule has 1 fully saturated rings. The fourth-order valence-electron chi connectivity index (χ4n) is 3.79. The highest BCUT2D eigenvalue weighted by atomic mass is 16.3. The first-order valence-corrected chi connectivity index (χ1v) is 6.52. The van der Waals surface area contributed by atoms with Gasteiger partial charge >= 0.3 is 0 Å². The van der Waals surface area contributed by atoms with E-state index in [0.29, 0.717) is 11.8 Å². The van der Waals surface area contributed by atoms with Gasteiger partial charge in [-0.1, -0.05) is 37.1 Å². The van der Waals surface area contributed by atoms with Crippen LogP contribution in [0, 0.1) is 23.7 Å². The molecule has 2 rings (SSSR count). The Labute approximate surface area is 99.3 Å². The zero-order chi connectivity index (χ0) is 11.9. The van der Waals surface area contributed by atoms with Crippen molar-refractivity contribution in [2.24, 2.45) is 23.7 Å². The van der Waals surface area contributed by atoms with Crippen molar-refractivity contribution in [2.75, 3.05) is 0 Å². The number of allylic oxidation sites excluding steroid dienone is 1. The third-order valence-corrected chi connectivity index (χ3v) is 4.58. The molecule has 0 aromatic rings. The molecule has 16 heavy (non-hydrogen) atoms. The zero-order valence-corrected chi connectivity index (χ0v) is 10.7. The summed E-state index contributed by atoms with van der Waals surface area (Å²) in [5.74, 6) is 2.42. The lowest BCUT2D eigenvalue weighted by molar-refractivity contribution is 0.0630. The van der Waals surface area contributed by atoms with Gasteiger partial charge in [-0.25, -0.2) is 0 Å². The molecule has 0 radical (unpaired) electrons. The van der Waals surface area contributed by atoms with E-state index in [9.17, 15) is 5.11 Å². The highest BCUT2D eigenvalue weighted by Crippen LogP contribution is 2.47. The lowest BCUT2D eigenvalue weighted by Gasteiger charge is -2.45. The molecule has 0 unspecified atom stereocenters. The first-order valence-electron chi connectivity index (χ1n) is 6.52.